The average molecular weight is 462 g/mol. The Morgan fingerprint density at radius 3 is 2.41 bits per heavy atom. The molecular formula is C23H31N3O5S. The first-order valence-electron chi connectivity index (χ1n) is 10.7. The van der Waals surface area contributed by atoms with Gasteiger partial charge >= 0.3 is 0 Å². The van der Waals surface area contributed by atoms with Crippen LogP contribution in [0.15, 0.2) is 47.4 Å². The highest BCUT2D eigenvalue weighted by Gasteiger charge is 2.28. The molecule has 0 aromatic heterocycles. The molecule has 1 N–H and O–H groups in total. The number of piperazine rings is 1. The molecule has 0 bridgehead atoms. The predicted octanol–water partition coefficient (Wildman–Crippen LogP) is 2.60. The number of amides is 1. The highest BCUT2D eigenvalue weighted by Crippen LogP contribution is 2.31. The summed E-state index contributed by atoms with van der Waals surface area (Å²) >= 11 is 0. The summed E-state index contributed by atoms with van der Waals surface area (Å²) in [6.07, 6.45) is 0.686. The number of para-hydroxylation sites is 1. The molecule has 1 aliphatic rings. The Bertz CT molecular complexity index is 1030. The van der Waals surface area contributed by atoms with Crippen molar-refractivity contribution in [3.63, 3.8) is 0 Å². The van der Waals surface area contributed by atoms with E-state index < -0.39 is 10.0 Å². The highest BCUT2D eigenvalue weighted by atomic mass is 32.2. The van der Waals surface area contributed by atoms with Crippen LogP contribution in [0.2, 0.25) is 0 Å². The van der Waals surface area contributed by atoms with Gasteiger partial charge in [0.25, 0.3) is 0 Å². The topological polar surface area (TPSA) is 88.2 Å². The van der Waals surface area contributed by atoms with Crippen molar-refractivity contribution in [2.24, 2.45) is 0 Å². The van der Waals surface area contributed by atoms with Crippen molar-refractivity contribution in [1.29, 1.82) is 0 Å². The molecule has 3 rings (SSSR count). The molecule has 0 atom stereocenters. The van der Waals surface area contributed by atoms with E-state index in [4.69, 9.17) is 9.47 Å². The maximum Gasteiger partial charge on any atom is 0.243 e. The first kappa shape index (κ1) is 24.0. The second-order valence-electron chi connectivity index (χ2n) is 7.57. The fraction of sp³-hybridized carbons (Fsp3) is 0.435. The number of ether oxygens (including phenoxy) is 2. The quantitative estimate of drug-likeness (QED) is 0.618. The molecule has 8 nitrogen and oxygen atoms in total. The number of methoxy groups -OCH3 is 2. The number of carbonyl (C=O) groups is 1. The molecule has 1 amide bonds. The number of carbonyl (C=O) groups excluding carboxylic acids is 1. The van der Waals surface area contributed by atoms with Crippen LogP contribution in [0.25, 0.3) is 0 Å². The number of aryl methyl sites for hydroxylation is 1. The maximum atomic E-state index is 13.0. The number of hydrogen-bond acceptors (Lipinski definition) is 6. The van der Waals surface area contributed by atoms with Gasteiger partial charge in [-0.25, -0.2) is 8.42 Å². The Kier molecular flexibility index (Phi) is 8.11. The number of sulfonamides is 1. The lowest BCUT2D eigenvalue weighted by molar-refractivity contribution is -0.116. The van der Waals surface area contributed by atoms with Crippen molar-refractivity contribution < 1.29 is 22.7 Å². The minimum absolute atomic E-state index is 0.190. The predicted molar refractivity (Wildman–Crippen MR) is 124 cm³/mol. The summed E-state index contributed by atoms with van der Waals surface area (Å²) in [4.78, 5) is 14.9. The van der Waals surface area contributed by atoms with E-state index in [0.29, 0.717) is 36.7 Å². The van der Waals surface area contributed by atoms with Gasteiger partial charge in [-0.1, -0.05) is 25.1 Å². The van der Waals surface area contributed by atoms with Gasteiger partial charge < -0.3 is 19.7 Å². The summed E-state index contributed by atoms with van der Waals surface area (Å²) < 4.78 is 38.3. The molecule has 0 aliphatic carbocycles. The fourth-order valence-corrected chi connectivity index (χ4v) is 5.26. The van der Waals surface area contributed by atoms with Crippen LogP contribution in [0.4, 0.5) is 5.69 Å². The van der Waals surface area contributed by atoms with Gasteiger partial charge in [-0.05, 0) is 42.8 Å². The number of hydrogen-bond donors (Lipinski definition) is 1. The van der Waals surface area contributed by atoms with Crippen LogP contribution in [0, 0.1) is 0 Å². The van der Waals surface area contributed by atoms with Crippen LogP contribution in [0.5, 0.6) is 11.5 Å². The molecule has 1 saturated heterocycles. The van der Waals surface area contributed by atoms with Gasteiger partial charge in [0.15, 0.2) is 11.5 Å². The summed E-state index contributed by atoms with van der Waals surface area (Å²) in [6.45, 7) is 5.36. The standard InChI is InChI=1S/C23H31N3O5S/c1-4-25-13-15-26(16-14-25)32(28,29)20-9-6-8-19(17-20)24-22(27)12-11-18-7-5-10-21(30-2)23(18)31-3/h5-10,17H,4,11-16H2,1-3H3,(H,24,27). The third-order valence-corrected chi connectivity index (χ3v) is 7.53. The number of nitrogens with zero attached hydrogens (tertiary/aromatic N) is 2. The largest absolute Gasteiger partial charge is 0.493 e. The molecule has 1 aliphatic heterocycles. The molecule has 0 spiro atoms. The van der Waals surface area contributed by atoms with E-state index in [9.17, 15) is 13.2 Å². The number of benzene rings is 2. The first-order valence-corrected chi connectivity index (χ1v) is 12.1. The van der Waals surface area contributed by atoms with Crippen molar-refractivity contribution in [3.05, 3.63) is 48.0 Å². The van der Waals surface area contributed by atoms with Gasteiger partial charge in [0.2, 0.25) is 15.9 Å². The Morgan fingerprint density at radius 1 is 1.03 bits per heavy atom. The van der Waals surface area contributed by atoms with Crippen LogP contribution >= 0.6 is 0 Å². The number of nitrogens with one attached hydrogen (secondary N) is 1. The Hall–Kier alpha value is -2.62. The zero-order valence-corrected chi connectivity index (χ0v) is 19.7. The monoisotopic (exact) mass is 461 g/mol. The molecule has 0 saturated carbocycles. The second-order valence-corrected chi connectivity index (χ2v) is 9.50. The van der Waals surface area contributed by atoms with E-state index in [1.807, 2.05) is 12.1 Å². The van der Waals surface area contributed by atoms with Crippen LogP contribution in [0.1, 0.15) is 18.9 Å². The Labute approximate surface area is 190 Å². The maximum absolute atomic E-state index is 13.0. The van der Waals surface area contributed by atoms with Gasteiger partial charge in [0, 0.05) is 38.3 Å². The summed E-state index contributed by atoms with van der Waals surface area (Å²) in [7, 11) is -0.466. The van der Waals surface area contributed by atoms with Crippen LogP contribution in [-0.2, 0) is 21.2 Å². The van der Waals surface area contributed by atoms with E-state index in [1.165, 1.54) is 10.4 Å². The van der Waals surface area contributed by atoms with E-state index in [1.54, 1.807) is 38.5 Å². The molecule has 9 heteroatoms. The normalized spacial score (nSPS) is 15.3. The zero-order chi connectivity index (χ0) is 23.1. The summed E-state index contributed by atoms with van der Waals surface area (Å²) in [5, 5.41) is 2.81. The third kappa shape index (κ3) is 5.59. The van der Waals surface area contributed by atoms with E-state index in [2.05, 4.69) is 17.1 Å². The summed E-state index contributed by atoms with van der Waals surface area (Å²) in [6, 6.07) is 12.0. The zero-order valence-electron chi connectivity index (χ0n) is 18.8. The molecule has 32 heavy (non-hydrogen) atoms. The lowest BCUT2D eigenvalue weighted by atomic mass is 10.1. The van der Waals surface area contributed by atoms with Gasteiger partial charge in [-0.2, -0.15) is 4.31 Å². The number of likely N-dealkylation sites (N-methyl/N-ethyl adjacent to an activating group) is 1. The first-order chi connectivity index (χ1) is 15.4. The number of rotatable bonds is 9. The van der Waals surface area contributed by atoms with Crippen molar-refractivity contribution in [1.82, 2.24) is 9.21 Å². The fourth-order valence-electron chi connectivity index (χ4n) is 3.79. The molecule has 1 fully saturated rings. The van der Waals surface area contributed by atoms with E-state index in [-0.39, 0.29) is 17.2 Å². The van der Waals surface area contributed by atoms with Crippen molar-refractivity contribution >= 4 is 21.6 Å². The highest BCUT2D eigenvalue weighted by molar-refractivity contribution is 7.89. The van der Waals surface area contributed by atoms with Gasteiger partial charge in [0.05, 0.1) is 19.1 Å². The smallest absolute Gasteiger partial charge is 0.243 e. The molecule has 2 aromatic carbocycles. The Morgan fingerprint density at radius 2 is 1.75 bits per heavy atom. The van der Waals surface area contributed by atoms with E-state index in [0.717, 1.165) is 25.2 Å². The molecule has 2 aromatic rings. The minimum atomic E-state index is -3.60. The lowest BCUT2D eigenvalue weighted by Crippen LogP contribution is -2.48. The van der Waals surface area contributed by atoms with Gasteiger partial charge in [-0.15, -0.1) is 0 Å². The van der Waals surface area contributed by atoms with Crippen LogP contribution in [-0.4, -0.2) is 70.5 Å². The summed E-state index contributed by atoms with van der Waals surface area (Å²) in [5.74, 6) is 1.02. The molecule has 0 radical (unpaired) electrons. The Balaban J connectivity index is 1.64. The van der Waals surface area contributed by atoms with Gasteiger partial charge in [-0.3, -0.25) is 4.79 Å². The van der Waals surface area contributed by atoms with Crippen LogP contribution < -0.4 is 14.8 Å². The van der Waals surface area contributed by atoms with Gasteiger partial charge in [0.1, 0.15) is 0 Å². The molecule has 174 valence electrons. The molecular weight excluding hydrogens is 430 g/mol. The lowest BCUT2D eigenvalue weighted by Gasteiger charge is -2.33. The van der Waals surface area contributed by atoms with E-state index >= 15 is 0 Å². The summed E-state index contributed by atoms with van der Waals surface area (Å²) in [5.41, 5.74) is 1.32. The molecule has 1 heterocycles. The number of anilines is 1. The van der Waals surface area contributed by atoms with Crippen molar-refractivity contribution in [2.75, 3.05) is 52.3 Å². The average Bonchev–Trinajstić information content (AvgIpc) is 2.82. The second kappa shape index (κ2) is 10.8. The van der Waals surface area contributed by atoms with Crippen LogP contribution in [0.3, 0.4) is 0 Å². The SMILES string of the molecule is CCN1CCN(S(=O)(=O)c2cccc(NC(=O)CCc3cccc(OC)c3OC)c2)CC1. The molecule has 0 unspecified atom stereocenters. The van der Waals surface area contributed by atoms with Crippen molar-refractivity contribution in [2.45, 2.75) is 24.7 Å². The van der Waals surface area contributed by atoms with Crippen molar-refractivity contribution in [3.8, 4) is 11.5 Å². The minimum Gasteiger partial charge on any atom is -0.493 e. The third-order valence-electron chi connectivity index (χ3n) is 5.64.